The van der Waals surface area contributed by atoms with E-state index in [0.29, 0.717) is 12.1 Å². The van der Waals surface area contributed by atoms with Crippen molar-refractivity contribution in [2.75, 3.05) is 38.3 Å². The molecule has 0 unspecified atom stereocenters. The topological polar surface area (TPSA) is 70.7 Å². The first-order chi connectivity index (χ1) is 11.7. The van der Waals surface area contributed by atoms with Crippen LogP contribution in [0.25, 0.3) is 0 Å². The first-order valence-corrected chi connectivity index (χ1v) is 8.17. The molecule has 1 aliphatic rings. The Labute approximate surface area is 142 Å². The average Bonchev–Trinajstić information content (AvgIpc) is 2.60. The summed E-state index contributed by atoms with van der Waals surface area (Å²) in [6.45, 7) is 5.74. The molecule has 6 heteroatoms. The van der Waals surface area contributed by atoms with Crippen LogP contribution in [-0.2, 0) is 9.53 Å². The summed E-state index contributed by atoms with van der Waals surface area (Å²) in [5.74, 6) is -0.179. The number of piperidine rings is 1. The lowest BCUT2D eigenvalue weighted by Crippen LogP contribution is -2.46. The Morgan fingerprint density at radius 3 is 2.71 bits per heavy atom. The van der Waals surface area contributed by atoms with Gasteiger partial charge in [-0.25, -0.2) is 0 Å². The van der Waals surface area contributed by atoms with Crippen LogP contribution in [0.1, 0.15) is 23.2 Å². The molecule has 0 atom stereocenters. The van der Waals surface area contributed by atoms with Crippen molar-refractivity contribution < 1.29 is 14.3 Å². The third-order valence-electron chi connectivity index (χ3n) is 4.03. The van der Waals surface area contributed by atoms with Gasteiger partial charge in [0.2, 0.25) is 5.91 Å². The minimum atomic E-state index is -0.0963. The summed E-state index contributed by atoms with van der Waals surface area (Å²) in [5, 5.41) is 5.80. The molecular formula is C18H25N3O3. The summed E-state index contributed by atoms with van der Waals surface area (Å²) in [4.78, 5) is 26.1. The smallest absolute Gasteiger partial charge is 0.253 e. The van der Waals surface area contributed by atoms with Crippen LogP contribution in [0.4, 0.5) is 5.69 Å². The highest BCUT2D eigenvalue weighted by Crippen LogP contribution is 2.24. The van der Waals surface area contributed by atoms with E-state index >= 15 is 0 Å². The predicted molar refractivity (Wildman–Crippen MR) is 94.2 cm³/mol. The highest BCUT2D eigenvalue weighted by molar-refractivity contribution is 5.99. The Bertz CT molecular complexity index is 581. The zero-order valence-corrected chi connectivity index (χ0v) is 14.1. The van der Waals surface area contributed by atoms with Crippen molar-refractivity contribution in [3.8, 4) is 0 Å². The maximum atomic E-state index is 12.3. The predicted octanol–water partition coefficient (Wildman–Crippen LogP) is 1.33. The maximum absolute atomic E-state index is 12.3. The van der Waals surface area contributed by atoms with Gasteiger partial charge in [-0.15, -0.1) is 6.58 Å². The molecule has 2 amide bonds. The standard InChI is InChI=1S/C18H25N3O3/c1-3-10-19-18(23)15-6-4-5-7-16(15)21-11-8-14(9-12-21)20-17(22)13-24-2/h3-7,14H,1,8-13H2,2H3,(H,19,23)(H,20,22). The van der Waals surface area contributed by atoms with E-state index in [2.05, 4.69) is 22.1 Å². The second kappa shape index (κ2) is 9.08. The molecule has 0 bridgehead atoms. The quantitative estimate of drug-likeness (QED) is 0.740. The molecule has 0 radical (unpaired) electrons. The average molecular weight is 331 g/mol. The van der Waals surface area contributed by atoms with E-state index < -0.39 is 0 Å². The molecule has 0 aromatic heterocycles. The van der Waals surface area contributed by atoms with Gasteiger partial charge in [0.25, 0.3) is 5.91 Å². The number of anilines is 1. The number of hydrogen-bond donors (Lipinski definition) is 2. The number of rotatable bonds is 7. The second-order valence-electron chi connectivity index (χ2n) is 5.78. The van der Waals surface area contributed by atoms with Crippen molar-refractivity contribution in [1.82, 2.24) is 10.6 Å². The van der Waals surface area contributed by atoms with Gasteiger partial charge >= 0.3 is 0 Å². The van der Waals surface area contributed by atoms with Crippen LogP contribution >= 0.6 is 0 Å². The zero-order valence-electron chi connectivity index (χ0n) is 14.1. The van der Waals surface area contributed by atoms with Gasteiger partial charge in [0.15, 0.2) is 0 Å². The van der Waals surface area contributed by atoms with Gasteiger partial charge in [-0.2, -0.15) is 0 Å². The number of ether oxygens (including phenoxy) is 1. The van der Waals surface area contributed by atoms with Crippen molar-refractivity contribution in [3.63, 3.8) is 0 Å². The molecule has 6 nitrogen and oxygen atoms in total. The van der Waals surface area contributed by atoms with Crippen molar-refractivity contribution >= 4 is 17.5 Å². The van der Waals surface area contributed by atoms with Gasteiger partial charge in [-0.3, -0.25) is 9.59 Å². The monoisotopic (exact) mass is 331 g/mol. The number of para-hydroxylation sites is 1. The highest BCUT2D eigenvalue weighted by Gasteiger charge is 2.23. The Hall–Kier alpha value is -2.34. The Morgan fingerprint density at radius 1 is 1.33 bits per heavy atom. The third-order valence-corrected chi connectivity index (χ3v) is 4.03. The van der Waals surface area contributed by atoms with Crippen molar-refractivity contribution in [3.05, 3.63) is 42.5 Å². The number of hydrogen-bond acceptors (Lipinski definition) is 4. The summed E-state index contributed by atoms with van der Waals surface area (Å²) in [5.41, 5.74) is 1.60. The molecule has 1 fully saturated rings. The molecule has 130 valence electrons. The number of methoxy groups -OCH3 is 1. The molecule has 0 saturated carbocycles. The number of nitrogens with zero attached hydrogens (tertiary/aromatic N) is 1. The van der Waals surface area contributed by atoms with Crippen LogP contribution in [0, 0.1) is 0 Å². The first kappa shape index (κ1) is 18.0. The van der Waals surface area contributed by atoms with E-state index in [9.17, 15) is 9.59 Å². The Morgan fingerprint density at radius 2 is 2.04 bits per heavy atom. The number of nitrogens with one attached hydrogen (secondary N) is 2. The van der Waals surface area contributed by atoms with E-state index in [-0.39, 0.29) is 24.5 Å². The number of carbonyl (C=O) groups excluding carboxylic acids is 2. The fraction of sp³-hybridized carbons (Fsp3) is 0.444. The molecule has 0 aliphatic carbocycles. The summed E-state index contributed by atoms with van der Waals surface area (Å²) < 4.78 is 4.84. The second-order valence-corrected chi connectivity index (χ2v) is 5.78. The molecule has 1 aliphatic heterocycles. The number of carbonyl (C=O) groups is 2. The first-order valence-electron chi connectivity index (χ1n) is 8.17. The van der Waals surface area contributed by atoms with Gasteiger partial charge in [0.1, 0.15) is 6.61 Å². The Kier molecular flexibility index (Phi) is 6.81. The van der Waals surface area contributed by atoms with Gasteiger partial charge < -0.3 is 20.3 Å². The molecular weight excluding hydrogens is 306 g/mol. The largest absolute Gasteiger partial charge is 0.375 e. The van der Waals surface area contributed by atoms with Crippen LogP contribution in [-0.4, -0.2) is 51.2 Å². The van der Waals surface area contributed by atoms with Gasteiger partial charge in [0, 0.05) is 38.5 Å². The zero-order chi connectivity index (χ0) is 17.4. The lowest BCUT2D eigenvalue weighted by atomic mass is 10.0. The molecule has 1 saturated heterocycles. The van der Waals surface area contributed by atoms with Crippen molar-refractivity contribution in [1.29, 1.82) is 0 Å². The minimum absolute atomic E-state index is 0.0832. The fourth-order valence-corrected chi connectivity index (χ4v) is 2.87. The van der Waals surface area contributed by atoms with E-state index in [1.54, 1.807) is 6.08 Å². The Balaban J connectivity index is 1.98. The molecule has 24 heavy (non-hydrogen) atoms. The van der Waals surface area contributed by atoms with Crippen LogP contribution in [0.3, 0.4) is 0 Å². The molecule has 1 aromatic carbocycles. The summed E-state index contributed by atoms with van der Waals surface area (Å²) in [6.07, 6.45) is 3.35. The molecule has 1 aromatic rings. The van der Waals surface area contributed by atoms with Crippen LogP contribution in [0.2, 0.25) is 0 Å². The van der Waals surface area contributed by atoms with Gasteiger partial charge in [-0.1, -0.05) is 18.2 Å². The summed E-state index contributed by atoms with van der Waals surface area (Å²) in [6, 6.07) is 7.76. The fourth-order valence-electron chi connectivity index (χ4n) is 2.87. The molecule has 1 heterocycles. The van der Waals surface area contributed by atoms with Crippen LogP contribution in [0.5, 0.6) is 0 Å². The molecule has 2 rings (SSSR count). The van der Waals surface area contributed by atoms with Crippen LogP contribution in [0.15, 0.2) is 36.9 Å². The van der Waals surface area contributed by atoms with E-state index in [4.69, 9.17) is 4.74 Å². The van der Waals surface area contributed by atoms with Gasteiger partial charge in [-0.05, 0) is 25.0 Å². The molecule has 2 N–H and O–H groups in total. The van der Waals surface area contributed by atoms with Crippen LogP contribution < -0.4 is 15.5 Å². The summed E-state index contributed by atoms with van der Waals surface area (Å²) >= 11 is 0. The normalized spacial score (nSPS) is 15.0. The van der Waals surface area contributed by atoms with Crippen molar-refractivity contribution in [2.45, 2.75) is 18.9 Å². The minimum Gasteiger partial charge on any atom is -0.375 e. The van der Waals surface area contributed by atoms with E-state index in [1.165, 1.54) is 7.11 Å². The third kappa shape index (κ3) is 4.83. The number of benzene rings is 1. The SMILES string of the molecule is C=CCNC(=O)c1ccccc1N1CCC(NC(=O)COC)CC1. The van der Waals surface area contributed by atoms with Crippen molar-refractivity contribution in [2.24, 2.45) is 0 Å². The molecule has 0 spiro atoms. The maximum Gasteiger partial charge on any atom is 0.253 e. The van der Waals surface area contributed by atoms with E-state index in [1.807, 2.05) is 24.3 Å². The lowest BCUT2D eigenvalue weighted by Gasteiger charge is -2.34. The van der Waals surface area contributed by atoms with Gasteiger partial charge in [0.05, 0.1) is 5.56 Å². The number of amides is 2. The van der Waals surface area contributed by atoms with E-state index in [0.717, 1.165) is 31.6 Å². The summed E-state index contributed by atoms with van der Waals surface area (Å²) in [7, 11) is 1.51. The lowest BCUT2D eigenvalue weighted by molar-refractivity contribution is -0.125. The highest BCUT2D eigenvalue weighted by atomic mass is 16.5.